The fourth-order valence-corrected chi connectivity index (χ4v) is 3.25. The van der Waals surface area contributed by atoms with Crippen LogP contribution in [-0.2, 0) is 25.4 Å². The van der Waals surface area contributed by atoms with Crippen LogP contribution in [-0.4, -0.2) is 106 Å². The first kappa shape index (κ1) is 22.5. The van der Waals surface area contributed by atoms with Gasteiger partial charge in [0.15, 0.2) is 12.6 Å². The number of hydrogen-bond donors (Lipinski definition) is 6. The predicted molar refractivity (Wildman–Crippen MR) is 96.5 cm³/mol. The molecular formula is C19H28O10. The molecule has 2 aliphatic heterocycles. The molecule has 2 fully saturated rings. The highest BCUT2D eigenvalue weighted by Gasteiger charge is 2.45. The van der Waals surface area contributed by atoms with E-state index in [4.69, 9.17) is 18.9 Å². The zero-order chi connectivity index (χ0) is 21.0. The third kappa shape index (κ3) is 5.50. The van der Waals surface area contributed by atoms with E-state index in [0.717, 1.165) is 5.56 Å². The van der Waals surface area contributed by atoms with E-state index in [1.807, 2.05) is 30.3 Å². The first-order valence-corrected chi connectivity index (χ1v) is 9.51. The van der Waals surface area contributed by atoms with Gasteiger partial charge >= 0.3 is 0 Å². The van der Waals surface area contributed by atoms with Gasteiger partial charge in [-0.15, -0.1) is 0 Å². The molecule has 9 atom stereocenters. The maximum Gasteiger partial charge on any atom is 0.186 e. The van der Waals surface area contributed by atoms with Crippen molar-refractivity contribution in [1.82, 2.24) is 0 Å². The van der Waals surface area contributed by atoms with Gasteiger partial charge in [-0.3, -0.25) is 0 Å². The zero-order valence-electron chi connectivity index (χ0n) is 15.7. The molecule has 10 nitrogen and oxygen atoms in total. The molecule has 1 aromatic rings. The van der Waals surface area contributed by atoms with Crippen LogP contribution >= 0.6 is 0 Å². The maximum absolute atomic E-state index is 10.2. The highest BCUT2D eigenvalue weighted by Crippen LogP contribution is 2.24. The summed E-state index contributed by atoms with van der Waals surface area (Å²) in [4.78, 5) is 0. The lowest BCUT2D eigenvalue weighted by molar-refractivity contribution is -0.320. The van der Waals surface area contributed by atoms with Crippen LogP contribution in [0.4, 0.5) is 0 Å². The summed E-state index contributed by atoms with van der Waals surface area (Å²) in [6.07, 6.45) is -11.5. The molecule has 0 amide bonds. The lowest BCUT2D eigenvalue weighted by Gasteiger charge is -2.41. The standard InChI is InChI=1S/C19H28O10/c20-11-8-27-18(16(24)13(11)21)28-9-12-14(22)15(23)17(25)19(29-12)26-7-6-10-4-2-1-3-5-10/h1-5,11-25H,6-9H2/t11-,12-,13-,14-,15+,16+,17-,18-,19-/m0/s1. The number of ether oxygens (including phenoxy) is 4. The van der Waals surface area contributed by atoms with Gasteiger partial charge < -0.3 is 49.6 Å². The normalized spacial score (nSPS) is 40.7. The van der Waals surface area contributed by atoms with Gasteiger partial charge in [-0.2, -0.15) is 0 Å². The molecule has 2 saturated heterocycles. The average Bonchev–Trinajstić information content (AvgIpc) is 2.73. The van der Waals surface area contributed by atoms with E-state index < -0.39 is 55.3 Å². The Balaban J connectivity index is 1.51. The Morgan fingerprint density at radius 1 is 0.793 bits per heavy atom. The Morgan fingerprint density at radius 3 is 2.21 bits per heavy atom. The van der Waals surface area contributed by atoms with Crippen LogP contribution in [0.5, 0.6) is 0 Å². The van der Waals surface area contributed by atoms with Gasteiger partial charge in [0, 0.05) is 0 Å². The molecule has 1 aromatic carbocycles. The van der Waals surface area contributed by atoms with Crippen LogP contribution in [0.15, 0.2) is 30.3 Å². The minimum absolute atomic E-state index is 0.219. The van der Waals surface area contributed by atoms with Gasteiger partial charge in [-0.25, -0.2) is 0 Å². The molecule has 0 unspecified atom stereocenters. The minimum Gasteiger partial charge on any atom is -0.388 e. The number of benzene rings is 1. The van der Waals surface area contributed by atoms with E-state index in [1.165, 1.54) is 0 Å². The Labute approximate surface area is 167 Å². The van der Waals surface area contributed by atoms with Gasteiger partial charge in [-0.05, 0) is 12.0 Å². The second kappa shape index (κ2) is 10.2. The second-order valence-electron chi connectivity index (χ2n) is 7.20. The monoisotopic (exact) mass is 416 g/mol. The Morgan fingerprint density at radius 2 is 1.48 bits per heavy atom. The largest absolute Gasteiger partial charge is 0.388 e. The van der Waals surface area contributed by atoms with Crippen LogP contribution in [0.1, 0.15) is 5.56 Å². The second-order valence-corrected chi connectivity index (χ2v) is 7.20. The topological polar surface area (TPSA) is 158 Å². The van der Waals surface area contributed by atoms with E-state index in [2.05, 4.69) is 0 Å². The molecule has 0 aliphatic carbocycles. The van der Waals surface area contributed by atoms with Crippen molar-refractivity contribution in [3.05, 3.63) is 35.9 Å². The first-order valence-electron chi connectivity index (χ1n) is 9.51. The molecule has 0 aromatic heterocycles. The highest BCUT2D eigenvalue weighted by molar-refractivity contribution is 5.14. The third-order valence-corrected chi connectivity index (χ3v) is 5.06. The van der Waals surface area contributed by atoms with Crippen LogP contribution < -0.4 is 0 Å². The molecule has 3 rings (SSSR count). The molecule has 0 bridgehead atoms. The Bertz CT molecular complexity index is 616. The summed E-state index contributed by atoms with van der Waals surface area (Å²) in [6.45, 7) is -0.325. The van der Waals surface area contributed by atoms with E-state index in [-0.39, 0.29) is 19.8 Å². The highest BCUT2D eigenvalue weighted by atomic mass is 16.7. The fourth-order valence-electron chi connectivity index (χ4n) is 3.25. The molecule has 0 spiro atoms. The summed E-state index contributed by atoms with van der Waals surface area (Å²) in [5, 5.41) is 59.4. The van der Waals surface area contributed by atoms with Crippen LogP contribution in [0.3, 0.4) is 0 Å². The van der Waals surface area contributed by atoms with E-state index in [0.29, 0.717) is 6.42 Å². The van der Waals surface area contributed by atoms with Crippen LogP contribution in [0.25, 0.3) is 0 Å². The van der Waals surface area contributed by atoms with Gasteiger partial charge in [0.1, 0.15) is 42.7 Å². The molecule has 0 radical (unpaired) electrons. The average molecular weight is 416 g/mol. The van der Waals surface area contributed by atoms with E-state index in [1.54, 1.807) is 0 Å². The number of aliphatic hydroxyl groups is 6. The lowest BCUT2D eigenvalue weighted by atomic mass is 9.99. The van der Waals surface area contributed by atoms with Crippen molar-refractivity contribution in [3.8, 4) is 0 Å². The fraction of sp³-hybridized carbons (Fsp3) is 0.684. The van der Waals surface area contributed by atoms with E-state index in [9.17, 15) is 30.6 Å². The molecule has 0 saturated carbocycles. The van der Waals surface area contributed by atoms with Crippen molar-refractivity contribution in [3.63, 3.8) is 0 Å². The summed E-state index contributed by atoms with van der Waals surface area (Å²) >= 11 is 0. The number of rotatable bonds is 7. The molecule has 10 heteroatoms. The third-order valence-electron chi connectivity index (χ3n) is 5.06. The van der Waals surface area contributed by atoms with E-state index >= 15 is 0 Å². The number of aliphatic hydroxyl groups excluding tert-OH is 6. The molecule has 29 heavy (non-hydrogen) atoms. The Hall–Kier alpha value is -1.18. The van der Waals surface area contributed by atoms with Crippen molar-refractivity contribution < 1.29 is 49.6 Å². The van der Waals surface area contributed by atoms with Gasteiger partial charge in [0.25, 0.3) is 0 Å². The molecule has 164 valence electrons. The summed E-state index contributed by atoms with van der Waals surface area (Å²) < 4.78 is 21.6. The van der Waals surface area contributed by atoms with Crippen molar-refractivity contribution >= 4 is 0 Å². The summed E-state index contributed by atoms with van der Waals surface area (Å²) in [5.41, 5.74) is 1.03. The SMILES string of the molecule is O[C@H]1[C@H](O)[C@@H](OCCc2ccccc2)O[C@@H](CO[C@@H]2OC[C@H](O)[C@H](O)[C@H]2O)[C@@H]1O. The summed E-state index contributed by atoms with van der Waals surface area (Å²) in [7, 11) is 0. The molecule has 6 N–H and O–H groups in total. The van der Waals surface area contributed by atoms with Crippen molar-refractivity contribution in [2.75, 3.05) is 19.8 Å². The van der Waals surface area contributed by atoms with Gasteiger partial charge in [-0.1, -0.05) is 30.3 Å². The van der Waals surface area contributed by atoms with Gasteiger partial charge in [0.2, 0.25) is 0 Å². The van der Waals surface area contributed by atoms with Crippen molar-refractivity contribution in [2.24, 2.45) is 0 Å². The number of hydrogen-bond acceptors (Lipinski definition) is 10. The van der Waals surface area contributed by atoms with Crippen LogP contribution in [0.2, 0.25) is 0 Å². The first-order chi connectivity index (χ1) is 13.9. The van der Waals surface area contributed by atoms with Crippen LogP contribution in [0, 0.1) is 0 Å². The predicted octanol–water partition coefficient (Wildman–Crippen LogP) is -2.49. The molecule has 2 heterocycles. The van der Waals surface area contributed by atoms with Gasteiger partial charge in [0.05, 0.1) is 19.8 Å². The maximum atomic E-state index is 10.2. The molecular weight excluding hydrogens is 388 g/mol. The van der Waals surface area contributed by atoms with Crippen molar-refractivity contribution in [1.29, 1.82) is 0 Å². The summed E-state index contributed by atoms with van der Waals surface area (Å²) in [6, 6.07) is 9.54. The lowest BCUT2D eigenvalue weighted by Crippen LogP contribution is -2.60. The quantitative estimate of drug-likeness (QED) is 0.281. The summed E-state index contributed by atoms with van der Waals surface area (Å²) in [5.74, 6) is 0. The zero-order valence-corrected chi connectivity index (χ0v) is 15.7. The van der Waals surface area contributed by atoms with Crippen molar-refractivity contribution in [2.45, 2.75) is 61.7 Å². The Kier molecular flexibility index (Phi) is 7.93. The minimum atomic E-state index is -1.52. The smallest absolute Gasteiger partial charge is 0.186 e. The molecule has 2 aliphatic rings.